The monoisotopic (exact) mass is 367 g/mol. The molecule has 0 radical (unpaired) electrons. The number of hydrogen-bond acceptors (Lipinski definition) is 3. The maximum Gasteiger partial charge on any atom is 0.323 e. The number of rotatable bonds is 4. The van der Waals surface area contributed by atoms with Crippen LogP contribution in [0.5, 0.6) is 0 Å². The highest BCUT2D eigenvalue weighted by molar-refractivity contribution is 7.89. The van der Waals surface area contributed by atoms with E-state index in [-0.39, 0.29) is 4.90 Å². The lowest BCUT2D eigenvalue weighted by Gasteiger charge is -2.14. The molecule has 7 heteroatoms. The standard InChI is InChI=1S/C19H17N3O3S/c20-26(24,25)18-13-7-5-11-16(18)15-10-4-6-12-17(15)22-19(23)21-14-8-2-1-3-9-14/h1-13H,(H2,20,24,25)(H2,21,22,23). The summed E-state index contributed by atoms with van der Waals surface area (Å²) in [6, 6.07) is 21.9. The Kier molecular flexibility index (Phi) is 5.01. The fourth-order valence-electron chi connectivity index (χ4n) is 2.57. The molecule has 0 aliphatic heterocycles. The van der Waals surface area contributed by atoms with E-state index in [4.69, 9.17) is 5.14 Å². The summed E-state index contributed by atoms with van der Waals surface area (Å²) in [5, 5.41) is 10.8. The second kappa shape index (κ2) is 7.38. The van der Waals surface area contributed by atoms with Crippen LogP contribution in [0.1, 0.15) is 0 Å². The van der Waals surface area contributed by atoms with Crippen molar-refractivity contribution in [3.8, 4) is 11.1 Å². The van der Waals surface area contributed by atoms with Gasteiger partial charge in [0.05, 0.1) is 10.6 Å². The Hall–Kier alpha value is -3.16. The van der Waals surface area contributed by atoms with Crippen LogP contribution in [-0.4, -0.2) is 14.4 Å². The number of anilines is 2. The van der Waals surface area contributed by atoms with E-state index in [0.717, 1.165) is 0 Å². The minimum Gasteiger partial charge on any atom is -0.308 e. The molecule has 0 unspecified atom stereocenters. The van der Waals surface area contributed by atoms with Crippen LogP contribution in [0.15, 0.2) is 83.8 Å². The van der Waals surface area contributed by atoms with Gasteiger partial charge in [0, 0.05) is 16.8 Å². The molecule has 2 amide bonds. The summed E-state index contributed by atoms with van der Waals surface area (Å²) in [6.07, 6.45) is 0. The Morgan fingerprint density at radius 1 is 0.731 bits per heavy atom. The van der Waals surface area contributed by atoms with E-state index >= 15 is 0 Å². The molecule has 0 aliphatic rings. The number of hydrogen-bond donors (Lipinski definition) is 3. The zero-order chi connectivity index (χ0) is 18.6. The van der Waals surface area contributed by atoms with Gasteiger partial charge < -0.3 is 10.6 Å². The van der Waals surface area contributed by atoms with Crippen LogP contribution < -0.4 is 15.8 Å². The predicted molar refractivity (Wildman–Crippen MR) is 102 cm³/mol. The van der Waals surface area contributed by atoms with E-state index < -0.39 is 16.1 Å². The Bertz CT molecular complexity index is 1030. The molecule has 0 fully saturated rings. The summed E-state index contributed by atoms with van der Waals surface area (Å²) in [5.41, 5.74) is 2.09. The molecule has 3 aromatic carbocycles. The molecule has 0 heterocycles. The first-order valence-corrected chi connectivity index (χ1v) is 9.34. The molecule has 132 valence electrons. The van der Waals surface area contributed by atoms with Crippen molar-refractivity contribution in [3.63, 3.8) is 0 Å². The summed E-state index contributed by atoms with van der Waals surface area (Å²) in [5.74, 6) is 0. The van der Waals surface area contributed by atoms with E-state index in [2.05, 4.69) is 10.6 Å². The molecule has 26 heavy (non-hydrogen) atoms. The van der Waals surface area contributed by atoms with Crippen LogP contribution in [0.4, 0.5) is 16.2 Å². The number of primary sulfonamides is 1. The van der Waals surface area contributed by atoms with E-state index in [1.807, 2.05) is 18.2 Å². The van der Waals surface area contributed by atoms with Gasteiger partial charge in [-0.3, -0.25) is 0 Å². The number of carbonyl (C=O) groups is 1. The van der Waals surface area contributed by atoms with E-state index in [0.29, 0.717) is 22.5 Å². The summed E-state index contributed by atoms with van der Waals surface area (Å²) in [7, 11) is -3.90. The van der Waals surface area contributed by atoms with E-state index in [1.165, 1.54) is 6.07 Å². The normalized spacial score (nSPS) is 11.0. The SMILES string of the molecule is NS(=O)(=O)c1ccccc1-c1ccccc1NC(=O)Nc1ccccc1. The Balaban J connectivity index is 1.94. The Labute approximate surface area is 151 Å². The van der Waals surface area contributed by atoms with Crippen molar-refractivity contribution in [3.05, 3.63) is 78.9 Å². The molecule has 0 saturated heterocycles. The number of benzene rings is 3. The summed E-state index contributed by atoms with van der Waals surface area (Å²) in [6.45, 7) is 0. The lowest BCUT2D eigenvalue weighted by atomic mass is 10.0. The summed E-state index contributed by atoms with van der Waals surface area (Å²) >= 11 is 0. The van der Waals surface area contributed by atoms with Crippen LogP contribution in [0.2, 0.25) is 0 Å². The molecule has 4 N–H and O–H groups in total. The van der Waals surface area contributed by atoms with Gasteiger partial charge >= 0.3 is 6.03 Å². The van der Waals surface area contributed by atoms with Crippen LogP contribution in [0, 0.1) is 0 Å². The third-order valence-electron chi connectivity index (χ3n) is 3.69. The molecule has 0 aliphatic carbocycles. The zero-order valence-corrected chi connectivity index (χ0v) is 14.5. The number of nitrogens with two attached hydrogens (primary N) is 1. The summed E-state index contributed by atoms with van der Waals surface area (Å²) in [4.78, 5) is 12.3. The third-order valence-corrected chi connectivity index (χ3v) is 4.66. The molecule has 0 aromatic heterocycles. The molecule has 0 spiro atoms. The largest absolute Gasteiger partial charge is 0.323 e. The highest BCUT2D eigenvalue weighted by atomic mass is 32.2. The second-order valence-electron chi connectivity index (χ2n) is 5.53. The van der Waals surface area contributed by atoms with Gasteiger partial charge in [-0.05, 0) is 24.3 Å². The summed E-state index contributed by atoms with van der Waals surface area (Å²) < 4.78 is 23.8. The van der Waals surface area contributed by atoms with E-state index in [1.54, 1.807) is 54.6 Å². The number of para-hydroxylation sites is 2. The molecular weight excluding hydrogens is 350 g/mol. The predicted octanol–water partition coefficient (Wildman–Crippen LogP) is 3.65. The van der Waals surface area contributed by atoms with Gasteiger partial charge in [-0.2, -0.15) is 0 Å². The first kappa shape index (κ1) is 17.7. The molecule has 3 aromatic rings. The average Bonchev–Trinajstić information content (AvgIpc) is 2.62. The highest BCUT2D eigenvalue weighted by Gasteiger charge is 2.17. The number of nitrogens with one attached hydrogen (secondary N) is 2. The zero-order valence-electron chi connectivity index (χ0n) is 13.7. The molecule has 0 atom stereocenters. The van der Waals surface area contributed by atoms with Crippen molar-refractivity contribution < 1.29 is 13.2 Å². The molecule has 0 bridgehead atoms. The highest BCUT2D eigenvalue weighted by Crippen LogP contribution is 2.32. The number of sulfonamides is 1. The van der Waals surface area contributed by atoms with Gasteiger partial charge in [-0.1, -0.05) is 54.6 Å². The van der Waals surface area contributed by atoms with Gasteiger partial charge in [0.1, 0.15) is 0 Å². The fourth-order valence-corrected chi connectivity index (χ4v) is 3.32. The first-order valence-electron chi connectivity index (χ1n) is 7.79. The Morgan fingerprint density at radius 3 is 2.00 bits per heavy atom. The third kappa shape index (κ3) is 4.08. The minimum atomic E-state index is -3.90. The van der Waals surface area contributed by atoms with Crippen LogP contribution in [0.3, 0.4) is 0 Å². The molecule has 3 rings (SSSR count). The van der Waals surface area contributed by atoms with Crippen molar-refractivity contribution in [2.45, 2.75) is 4.90 Å². The smallest absolute Gasteiger partial charge is 0.308 e. The van der Waals surface area contributed by atoms with Crippen molar-refractivity contribution in [1.82, 2.24) is 0 Å². The fraction of sp³-hybridized carbons (Fsp3) is 0. The Morgan fingerprint density at radius 2 is 1.31 bits per heavy atom. The van der Waals surface area contributed by atoms with Crippen LogP contribution in [0.25, 0.3) is 11.1 Å². The van der Waals surface area contributed by atoms with Crippen molar-refractivity contribution in [2.75, 3.05) is 10.6 Å². The van der Waals surface area contributed by atoms with Gasteiger partial charge in [0.25, 0.3) is 0 Å². The van der Waals surface area contributed by atoms with Gasteiger partial charge in [-0.15, -0.1) is 0 Å². The molecular formula is C19H17N3O3S. The number of carbonyl (C=O) groups excluding carboxylic acids is 1. The molecule has 0 saturated carbocycles. The van der Waals surface area contributed by atoms with Crippen molar-refractivity contribution in [1.29, 1.82) is 0 Å². The van der Waals surface area contributed by atoms with Crippen LogP contribution in [-0.2, 0) is 10.0 Å². The average molecular weight is 367 g/mol. The second-order valence-corrected chi connectivity index (χ2v) is 7.06. The minimum absolute atomic E-state index is 0.00211. The lowest BCUT2D eigenvalue weighted by molar-refractivity contribution is 0.262. The maximum atomic E-state index is 12.3. The maximum absolute atomic E-state index is 12.3. The lowest BCUT2D eigenvalue weighted by Crippen LogP contribution is -2.20. The van der Waals surface area contributed by atoms with Crippen molar-refractivity contribution >= 4 is 27.4 Å². The van der Waals surface area contributed by atoms with Crippen LogP contribution >= 0.6 is 0 Å². The quantitative estimate of drug-likeness (QED) is 0.656. The van der Waals surface area contributed by atoms with E-state index in [9.17, 15) is 13.2 Å². The van der Waals surface area contributed by atoms with Gasteiger partial charge in [0.15, 0.2) is 0 Å². The number of urea groups is 1. The first-order chi connectivity index (χ1) is 12.4. The van der Waals surface area contributed by atoms with Crippen molar-refractivity contribution in [2.24, 2.45) is 5.14 Å². The molecule has 6 nitrogen and oxygen atoms in total. The topological polar surface area (TPSA) is 101 Å². The van der Waals surface area contributed by atoms with Gasteiger partial charge in [-0.25, -0.2) is 18.4 Å². The number of amides is 2. The van der Waals surface area contributed by atoms with Gasteiger partial charge in [0.2, 0.25) is 10.0 Å².